The van der Waals surface area contributed by atoms with E-state index < -0.39 is 0 Å². The minimum Gasteiger partial charge on any atom is -0.357 e. The van der Waals surface area contributed by atoms with Crippen LogP contribution >= 0.6 is 34.4 Å². The van der Waals surface area contributed by atoms with Crippen LogP contribution in [0.3, 0.4) is 0 Å². The van der Waals surface area contributed by atoms with Crippen molar-refractivity contribution in [2.45, 2.75) is 42.5 Å². The first-order valence-electron chi connectivity index (χ1n) is 8.74. The molecule has 142 valence electrons. The van der Waals surface area contributed by atoms with E-state index in [9.17, 15) is 9.18 Å². The first-order chi connectivity index (χ1) is 13.2. The number of fused-ring (bicyclic) bond motifs is 1. The first kappa shape index (κ1) is 18.6. The molecule has 2 heterocycles. The lowest BCUT2D eigenvalue weighted by molar-refractivity contribution is -0.113. The van der Waals surface area contributed by atoms with Gasteiger partial charge in [-0.15, -0.1) is 10.2 Å². The van der Waals surface area contributed by atoms with E-state index in [2.05, 4.69) is 25.8 Å². The monoisotopic (exact) mass is 423 g/mol. The molecule has 1 aromatic carbocycles. The fraction of sp³-hybridized carbons (Fsp3) is 0.412. The van der Waals surface area contributed by atoms with E-state index in [0.717, 1.165) is 9.47 Å². The van der Waals surface area contributed by atoms with Crippen LogP contribution in [0.2, 0.25) is 0 Å². The third-order valence-corrected chi connectivity index (χ3v) is 7.18. The van der Waals surface area contributed by atoms with Gasteiger partial charge in [-0.25, -0.2) is 9.37 Å². The van der Waals surface area contributed by atoms with Gasteiger partial charge in [0.05, 0.1) is 16.0 Å². The number of thioether (sulfide) groups is 1. The van der Waals surface area contributed by atoms with E-state index in [1.165, 1.54) is 78.7 Å². The van der Waals surface area contributed by atoms with Crippen molar-refractivity contribution in [2.24, 2.45) is 0 Å². The van der Waals surface area contributed by atoms with Crippen LogP contribution < -0.4 is 10.6 Å². The average Bonchev–Trinajstić information content (AvgIpc) is 3.26. The predicted octanol–water partition coefficient (Wildman–Crippen LogP) is 4.76. The van der Waals surface area contributed by atoms with E-state index >= 15 is 0 Å². The largest absolute Gasteiger partial charge is 0.357 e. The summed E-state index contributed by atoms with van der Waals surface area (Å²) in [6, 6.07) is 4.86. The van der Waals surface area contributed by atoms with Crippen molar-refractivity contribution in [3.8, 4) is 0 Å². The number of benzene rings is 1. The molecule has 1 aliphatic rings. The molecule has 27 heavy (non-hydrogen) atoms. The van der Waals surface area contributed by atoms with Crippen LogP contribution in [0.1, 0.15) is 32.1 Å². The highest BCUT2D eigenvalue weighted by atomic mass is 32.2. The second-order valence-electron chi connectivity index (χ2n) is 6.32. The highest BCUT2D eigenvalue weighted by Crippen LogP contribution is 2.29. The maximum atomic E-state index is 13.2. The van der Waals surface area contributed by atoms with Crippen LogP contribution in [-0.2, 0) is 4.79 Å². The van der Waals surface area contributed by atoms with Crippen molar-refractivity contribution in [1.82, 2.24) is 15.2 Å². The lowest BCUT2D eigenvalue weighted by Gasteiger charge is -2.21. The normalized spacial score (nSPS) is 15.1. The predicted molar refractivity (Wildman–Crippen MR) is 109 cm³/mol. The second kappa shape index (κ2) is 8.49. The summed E-state index contributed by atoms with van der Waals surface area (Å²) in [4.78, 5) is 16.4. The molecule has 1 saturated carbocycles. The Balaban J connectivity index is 1.28. The van der Waals surface area contributed by atoms with Crippen LogP contribution in [0.15, 0.2) is 22.5 Å². The number of anilines is 2. The van der Waals surface area contributed by atoms with E-state index in [1.807, 2.05) is 0 Å². The number of carbonyl (C=O) groups is 1. The maximum Gasteiger partial charge on any atom is 0.236 e. The Morgan fingerprint density at radius 2 is 2.04 bits per heavy atom. The first-order valence-corrected chi connectivity index (χ1v) is 11.4. The lowest BCUT2D eigenvalue weighted by Crippen LogP contribution is -2.21. The molecule has 2 aromatic heterocycles. The molecule has 6 nitrogen and oxygen atoms in total. The fourth-order valence-corrected chi connectivity index (χ4v) is 5.52. The summed E-state index contributed by atoms with van der Waals surface area (Å²) >= 11 is 4.08. The van der Waals surface area contributed by atoms with E-state index in [0.29, 0.717) is 21.4 Å². The molecule has 1 amide bonds. The topological polar surface area (TPSA) is 79.8 Å². The van der Waals surface area contributed by atoms with Gasteiger partial charge in [-0.1, -0.05) is 53.7 Å². The lowest BCUT2D eigenvalue weighted by atomic mass is 9.96. The third-order valence-electron chi connectivity index (χ3n) is 4.26. The molecule has 0 bridgehead atoms. The molecule has 2 N–H and O–H groups in total. The highest BCUT2D eigenvalue weighted by Gasteiger charge is 2.16. The Morgan fingerprint density at radius 3 is 2.89 bits per heavy atom. The van der Waals surface area contributed by atoms with Gasteiger partial charge in [0.1, 0.15) is 5.82 Å². The summed E-state index contributed by atoms with van der Waals surface area (Å²) in [6.45, 7) is 0. The zero-order chi connectivity index (χ0) is 18.6. The number of hydrogen-bond donors (Lipinski definition) is 2. The molecular formula is C17H18FN5OS3. The van der Waals surface area contributed by atoms with Gasteiger partial charge in [0, 0.05) is 6.04 Å². The van der Waals surface area contributed by atoms with Crippen LogP contribution in [-0.4, -0.2) is 32.9 Å². The number of halogens is 1. The number of nitrogens with zero attached hydrogens (tertiary/aromatic N) is 3. The van der Waals surface area contributed by atoms with Crippen LogP contribution in [0.5, 0.6) is 0 Å². The van der Waals surface area contributed by atoms with E-state index in [-0.39, 0.29) is 17.5 Å². The van der Waals surface area contributed by atoms with Crippen molar-refractivity contribution in [2.75, 3.05) is 16.4 Å². The average molecular weight is 424 g/mol. The van der Waals surface area contributed by atoms with Gasteiger partial charge in [-0.3, -0.25) is 4.79 Å². The number of nitrogens with one attached hydrogen (secondary N) is 2. The molecule has 10 heteroatoms. The minimum atomic E-state index is -0.312. The summed E-state index contributed by atoms with van der Waals surface area (Å²) in [6.07, 6.45) is 6.19. The van der Waals surface area contributed by atoms with Gasteiger partial charge in [0.15, 0.2) is 9.47 Å². The van der Waals surface area contributed by atoms with Crippen LogP contribution in [0.25, 0.3) is 10.2 Å². The summed E-state index contributed by atoms with van der Waals surface area (Å²) in [5.41, 5.74) is 0.673. The zero-order valence-corrected chi connectivity index (χ0v) is 16.9. The summed E-state index contributed by atoms with van der Waals surface area (Å²) in [7, 11) is 0. The van der Waals surface area contributed by atoms with E-state index in [1.54, 1.807) is 6.07 Å². The summed E-state index contributed by atoms with van der Waals surface area (Å²) < 4.78 is 14.7. The quantitative estimate of drug-likeness (QED) is 0.557. The molecule has 4 rings (SSSR count). The molecule has 0 spiro atoms. The molecule has 0 radical (unpaired) electrons. The SMILES string of the molecule is O=C(CSc1nnc(NC2CCCCC2)s1)Nc1nc2ccc(F)cc2s1. The number of aromatic nitrogens is 3. The number of carbonyl (C=O) groups excluding carboxylic acids is 1. The zero-order valence-electron chi connectivity index (χ0n) is 14.4. The van der Waals surface area contributed by atoms with Crippen molar-refractivity contribution in [3.63, 3.8) is 0 Å². The van der Waals surface area contributed by atoms with Gasteiger partial charge >= 0.3 is 0 Å². The summed E-state index contributed by atoms with van der Waals surface area (Å²) in [5.74, 6) is -0.257. The number of rotatable bonds is 6. The Bertz CT molecular complexity index is 938. The Morgan fingerprint density at radius 1 is 1.19 bits per heavy atom. The Labute approximate surface area is 168 Å². The molecule has 0 unspecified atom stereocenters. The van der Waals surface area contributed by atoms with Crippen molar-refractivity contribution in [3.05, 3.63) is 24.0 Å². The molecule has 1 aliphatic carbocycles. The van der Waals surface area contributed by atoms with Crippen molar-refractivity contribution >= 4 is 60.8 Å². The minimum absolute atomic E-state index is 0.170. The molecule has 0 atom stereocenters. The Kier molecular flexibility index (Phi) is 5.84. The fourth-order valence-electron chi connectivity index (χ4n) is 2.98. The molecule has 1 fully saturated rings. The van der Waals surface area contributed by atoms with Crippen LogP contribution in [0.4, 0.5) is 14.7 Å². The van der Waals surface area contributed by atoms with Gasteiger partial charge < -0.3 is 10.6 Å². The number of hydrogen-bond acceptors (Lipinski definition) is 8. The van der Waals surface area contributed by atoms with Gasteiger partial charge in [-0.2, -0.15) is 0 Å². The molecule has 3 aromatic rings. The van der Waals surface area contributed by atoms with Crippen molar-refractivity contribution in [1.29, 1.82) is 0 Å². The Hall–Kier alpha value is -1.78. The van der Waals surface area contributed by atoms with Crippen LogP contribution in [0, 0.1) is 5.82 Å². The van der Waals surface area contributed by atoms with Crippen molar-refractivity contribution < 1.29 is 9.18 Å². The number of amides is 1. The number of thiazole rings is 1. The second-order valence-corrected chi connectivity index (χ2v) is 9.55. The standard InChI is InChI=1S/C17H18FN5OS3/c18-10-6-7-12-13(8-10)26-15(20-12)21-14(24)9-25-17-23-22-16(27-17)19-11-4-2-1-3-5-11/h6-8,11H,1-5,9H2,(H,19,22)(H,20,21,24). The maximum absolute atomic E-state index is 13.2. The summed E-state index contributed by atoms with van der Waals surface area (Å²) in [5, 5.41) is 15.8. The molecular weight excluding hydrogens is 405 g/mol. The molecule has 0 aliphatic heterocycles. The van der Waals surface area contributed by atoms with Gasteiger partial charge in [0.2, 0.25) is 11.0 Å². The van der Waals surface area contributed by atoms with Gasteiger partial charge in [0.25, 0.3) is 0 Å². The third kappa shape index (κ3) is 4.94. The smallest absolute Gasteiger partial charge is 0.236 e. The van der Waals surface area contributed by atoms with E-state index in [4.69, 9.17) is 0 Å². The molecule has 0 saturated heterocycles. The van der Waals surface area contributed by atoms with Gasteiger partial charge in [-0.05, 0) is 31.0 Å². The highest BCUT2D eigenvalue weighted by molar-refractivity contribution is 8.01.